The second-order valence-corrected chi connectivity index (χ2v) is 7.61. The van der Waals surface area contributed by atoms with Gasteiger partial charge in [0.25, 0.3) is 0 Å². The zero-order chi connectivity index (χ0) is 19.5. The molecule has 1 atom stereocenters. The van der Waals surface area contributed by atoms with Crippen molar-refractivity contribution in [3.05, 3.63) is 130 Å². The third-order valence-corrected chi connectivity index (χ3v) is 5.52. The zero-order valence-corrected chi connectivity index (χ0v) is 16.8. The SMILES string of the molecule is Cc1cc(C)c(C(c2ccccc2)c2ccccc2-c2ccccc2)c(C)c1. The second kappa shape index (κ2) is 7.86. The van der Waals surface area contributed by atoms with E-state index in [0.29, 0.717) is 0 Å². The first-order valence-electron chi connectivity index (χ1n) is 9.92. The molecule has 0 heteroatoms. The van der Waals surface area contributed by atoms with Crippen LogP contribution in [0.3, 0.4) is 0 Å². The minimum Gasteiger partial charge on any atom is -0.0622 e. The highest BCUT2D eigenvalue weighted by atomic mass is 14.3. The summed E-state index contributed by atoms with van der Waals surface area (Å²) >= 11 is 0. The predicted octanol–water partition coefficient (Wildman–Crippen LogP) is 7.46. The van der Waals surface area contributed by atoms with Crippen LogP contribution in [0.4, 0.5) is 0 Å². The van der Waals surface area contributed by atoms with E-state index >= 15 is 0 Å². The molecular weight excluding hydrogens is 336 g/mol. The molecule has 4 rings (SSSR count). The molecular formula is C28H26. The van der Waals surface area contributed by atoms with Gasteiger partial charge in [0.2, 0.25) is 0 Å². The van der Waals surface area contributed by atoms with Crippen molar-refractivity contribution in [1.29, 1.82) is 0 Å². The molecule has 0 radical (unpaired) electrons. The Morgan fingerprint density at radius 2 is 1.11 bits per heavy atom. The van der Waals surface area contributed by atoms with Crippen LogP contribution < -0.4 is 0 Å². The van der Waals surface area contributed by atoms with Gasteiger partial charge in [0.05, 0.1) is 0 Å². The minimum absolute atomic E-state index is 0.207. The maximum atomic E-state index is 2.31. The normalized spacial score (nSPS) is 12.0. The zero-order valence-electron chi connectivity index (χ0n) is 16.8. The van der Waals surface area contributed by atoms with Gasteiger partial charge in [-0.3, -0.25) is 0 Å². The van der Waals surface area contributed by atoms with Crippen molar-refractivity contribution in [2.45, 2.75) is 26.7 Å². The molecule has 28 heavy (non-hydrogen) atoms. The molecule has 0 saturated carbocycles. The standard InChI is InChI=1S/C28H26/c1-20-18-21(2)27(22(3)19-20)28(24-14-8-5-9-15-24)26-17-11-10-16-25(26)23-12-6-4-7-13-23/h4-19,28H,1-3H3. The average molecular weight is 363 g/mol. The molecule has 4 aromatic carbocycles. The van der Waals surface area contributed by atoms with Crippen molar-refractivity contribution in [3.63, 3.8) is 0 Å². The van der Waals surface area contributed by atoms with Gasteiger partial charge in [-0.15, -0.1) is 0 Å². The van der Waals surface area contributed by atoms with E-state index in [9.17, 15) is 0 Å². The maximum Gasteiger partial charge on any atom is 0.0351 e. The van der Waals surface area contributed by atoms with Crippen LogP contribution in [-0.4, -0.2) is 0 Å². The van der Waals surface area contributed by atoms with Crippen LogP contribution in [-0.2, 0) is 0 Å². The molecule has 4 aromatic rings. The van der Waals surface area contributed by atoms with Crippen molar-refractivity contribution >= 4 is 0 Å². The molecule has 0 N–H and O–H groups in total. The molecule has 0 saturated heterocycles. The first-order valence-corrected chi connectivity index (χ1v) is 9.92. The largest absolute Gasteiger partial charge is 0.0622 e. The van der Waals surface area contributed by atoms with Gasteiger partial charge in [-0.05, 0) is 59.7 Å². The fourth-order valence-electron chi connectivity index (χ4n) is 4.42. The summed E-state index contributed by atoms with van der Waals surface area (Å²) in [6.07, 6.45) is 0. The van der Waals surface area contributed by atoms with Crippen LogP contribution >= 0.6 is 0 Å². The summed E-state index contributed by atoms with van der Waals surface area (Å²) in [4.78, 5) is 0. The summed E-state index contributed by atoms with van der Waals surface area (Å²) in [5, 5.41) is 0. The monoisotopic (exact) mass is 362 g/mol. The van der Waals surface area contributed by atoms with E-state index in [4.69, 9.17) is 0 Å². The highest BCUT2D eigenvalue weighted by Crippen LogP contribution is 2.40. The van der Waals surface area contributed by atoms with E-state index in [1.807, 2.05) is 0 Å². The summed E-state index contributed by atoms with van der Waals surface area (Å²) in [6, 6.07) is 35.1. The van der Waals surface area contributed by atoms with E-state index in [2.05, 4.69) is 118 Å². The summed E-state index contributed by atoms with van der Waals surface area (Å²) < 4.78 is 0. The predicted molar refractivity (Wildman–Crippen MR) is 120 cm³/mol. The lowest BCUT2D eigenvalue weighted by Crippen LogP contribution is -2.09. The lowest BCUT2D eigenvalue weighted by atomic mass is 9.78. The van der Waals surface area contributed by atoms with Crippen molar-refractivity contribution in [1.82, 2.24) is 0 Å². The lowest BCUT2D eigenvalue weighted by molar-refractivity contribution is 0.947. The molecule has 0 heterocycles. The smallest absolute Gasteiger partial charge is 0.0351 e. The average Bonchev–Trinajstić information content (AvgIpc) is 2.72. The Labute approximate surface area is 168 Å². The molecule has 0 aliphatic carbocycles. The van der Waals surface area contributed by atoms with Gasteiger partial charge >= 0.3 is 0 Å². The van der Waals surface area contributed by atoms with Crippen molar-refractivity contribution in [2.24, 2.45) is 0 Å². The number of benzene rings is 4. The van der Waals surface area contributed by atoms with Gasteiger partial charge in [0.15, 0.2) is 0 Å². The van der Waals surface area contributed by atoms with E-state index in [1.54, 1.807) is 0 Å². The number of hydrogen-bond acceptors (Lipinski definition) is 0. The molecule has 0 aliphatic rings. The third-order valence-electron chi connectivity index (χ3n) is 5.52. The van der Waals surface area contributed by atoms with Crippen LogP contribution in [0.1, 0.15) is 39.3 Å². The molecule has 0 aromatic heterocycles. The second-order valence-electron chi connectivity index (χ2n) is 7.61. The molecule has 138 valence electrons. The Morgan fingerprint density at radius 3 is 1.75 bits per heavy atom. The molecule has 0 nitrogen and oxygen atoms in total. The van der Waals surface area contributed by atoms with Gasteiger partial charge in [0.1, 0.15) is 0 Å². The lowest BCUT2D eigenvalue weighted by Gasteiger charge is -2.26. The van der Waals surface area contributed by atoms with Gasteiger partial charge in [0, 0.05) is 5.92 Å². The topological polar surface area (TPSA) is 0 Å². The Bertz CT molecular complexity index is 1050. The van der Waals surface area contributed by atoms with Crippen LogP contribution in [0.5, 0.6) is 0 Å². The first-order chi connectivity index (χ1) is 13.6. The van der Waals surface area contributed by atoms with E-state index in [-0.39, 0.29) is 5.92 Å². The molecule has 0 aliphatic heterocycles. The Morgan fingerprint density at radius 1 is 0.571 bits per heavy atom. The summed E-state index contributed by atoms with van der Waals surface area (Å²) in [6.45, 7) is 6.67. The summed E-state index contributed by atoms with van der Waals surface area (Å²) in [5.74, 6) is 0.207. The molecule has 0 amide bonds. The van der Waals surface area contributed by atoms with Crippen LogP contribution in [0.15, 0.2) is 97.1 Å². The minimum atomic E-state index is 0.207. The Hall–Kier alpha value is -3.12. The number of aryl methyl sites for hydroxylation is 3. The van der Waals surface area contributed by atoms with E-state index in [0.717, 1.165) is 0 Å². The van der Waals surface area contributed by atoms with Gasteiger partial charge in [-0.1, -0.05) is 103 Å². The molecule has 0 spiro atoms. The Kier molecular flexibility index (Phi) is 5.12. The first kappa shape index (κ1) is 18.3. The molecule has 1 unspecified atom stereocenters. The highest BCUT2D eigenvalue weighted by Gasteiger charge is 2.23. The number of hydrogen-bond donors (Lipinski definition) is 0. The summed E-state index contributed by atoms with van der Waals surface area (Å²) in [7, 11) is 0. The quantitative estimate of drug-likeness (QED) is 0.330. The van der Waals surface area contributed by atoms with Gasteiger partial charge in [-0.25, -0.2) is 0 Å². The van der Waals surface area contributed by atoms with Crippen molar-refractivity contribution in [3.8, 4) is 11.1 Å². The fourth-order valence-corrected chi connectivity index (χ4v) is 4.42. The fraction of sp³-hybridized carbons (Fsp3) is 0.143. The van der Waals surface area contributed by atoms with Gasteiger partial charge < -0.3 is 0 Å². The van der Waals surface area contributed by atoms with Crippen molar-refractivity contribution in [2.75, 3.05) is 0 Å². The summed E-state index contributed by atoms with van der Waals surface area (Å²) in [5.41, 5.74) is 10.7. The molecule has 0 fully saturated rings. The highest BCUT2D eigenvalue weighted by molar-refractivity contribution is 5.70. The Balaban J connectivity index is 2.00. The maximum absolute atomic E-state index is 2.31. The van der Waals surface area contributed by atoms with Gasteiger partial charge in [-0.2, -0.15) is 0 Å². The van der Waals surface area contributed by atoms with Crippen molar-refractivity contribution < 1.29 is 0 Å². The van der Waals surface area contributed by atoms with Crippen LogP contribution in [0.2, 0.25) is 0 Å². The third kappa shape index (κ3) is 3.51. The van der Waals surface area contributed by atoms with Crippen LogP contribution in [0.25, 0.3) is 11.1 Å². The van der Waals surface area contributed by atoms with E-state index < -0.39 is 0 Å². The molecule has 0 bridgehead atoms. The van der Waals surface area contributed by atoms with Crippen LogP contribution in [0, 0.1) is 20.8 Å². The van der Waals surface area contributed by atoms with E-state index in [1.165, 1.54) is 44.5 Å². The number of rotatable bonds is 4.